The molecule has 1 fully saturated rings. The number of likely N-dealkylation sites (N-methyl/N-ethyl adjacent to an activating group) is 1. The summed E-state index contributed by atoms with van der Waals surface area (Å²) in [7, 11) is 2.11. The predicted molar refractivity (Wildman–Crippen MR) is 89.4 cm³/mol. The van der Waals surface area contributed by atoms with E-state index in [1.807, 2.05) is 18.2 Å². The Kier molecular flexibility index (Phi) is 4.34. The number of aldehydes is 1. The number of fused-ring (bicyclic) bond motifs is 1. The quantitative estimate of drug-likeness (QED) is 0.689. The highest BCUT2D eigenvalue weighted by Gasteiger charge is 2.20. The number of nitrogens with one attached hydrogen (secondary N) is 1. The van der Waals surface area contributed by atoms with Gasteiger partial charge in [0.1, 0.15) is 5.69 Å². The first-order valence-electron chi connectivity index (χ1n) is 7.85. The summed E-state index contributed by atoms with van der Waals surface area (Å²) in [6.07, 6.45) is 0.721. The summed E-state index contributed by atoms with van der Waals surface area (Å²) in [6, 6.07) is 5.91. The van der Waals surface area contributed by atoms with Crippen LogP contribution in [0.2, 0.25) is 0 Å². The molecule has 0 atom stereocenters. The molecule has 0 amide bonds. The highest BCUT2D eigenvalue weighted by Crippen LogP contribution is 2.27. The van der Waals surface area contributed by atoms with Gasteiger partial charge in [-0.1, -0.05) is 0 Å². The van der Waals surface area contributed by atoms with Gasteiger partial charge in [-0.3, -0.25) is 4.79 Å². The Morgan fingerprint density at radius 2 is 2.04 bits per heavy atom. The molecule has 0 saturated carbocycles. The number of ether oxygens (including phenoxy) is 1. The van der Waals surface area contributed by atoms with Gasteiger partial charge in [-0.15, -0.1) is 0 Å². The molecule has 6 heteroatoms. The van der Waals surface area contributed by atoms with Gasteiger partial charge in [0, 0.05) is 42.8 Å². The maximum absolute atomic E-state index is 12.0. The molecule has 2 aromatic rings. The van der Waals surface area contributed by atoms with Crippen LogP contribution in [0.3, 0.4) is 0 Å². The first-order chi connectivity index (χ1) is 11.1. The van der Waals surface area contributed by atoms with Crippen LogP contribution in [0.25, 0.3) is 10.9 Å². The average Bonchev–Trinajstić information content (AvgIpc) is 2.93. The normalized spacial score (nSPS) is 15.8. The molecule has 1 aliphatic rings. The summed E-state index contributed by atoms with van der Waals surface area (Å²) < 4.78 is 5.01. The molecule has 6 nitrogen and oxygen atoms in total. The monoisotopic (exact) mass is 315 g/mol. The SMILES string of the molecule is CCOC(=O)c1[nH]c2ccc(N3CCN(C)CC3)cc2c1C=O. The minimum absolute atomic E-state index is 0.229. The zero-order valence-corrected chi connectivity index (χ0v) is 13.5. The Labute approximate surface area is 135 Å². The number of carbonyl (C=O) groups excluding carboxylic acids is 2. The lowest BCUT2D eigenvalue weighted by Gasteiger charge is -2.34. The van der Waals surface area contributed by atoms with Crippen molar-refractivity contribution in [1.82, 2.24) is 9.88 Å². The largest absolute Gasteiger partial charge is 0.461 e. The molecule has 0 unspecified atom stereocenters. The zero-order chi connectivity index (χ0) is 16.4. The third-order valence-electron chi connectivity index (χ3n) is 4.29. The van der Waals surface area contributed by atoms with Crippen LogP contribution in [0.4, 0.5) is 5.69 Å². The molecule has 0 aliphatic carbocycles. The van der Waals surface area contributed by atoms with E-state index in [0.717, 1.165) is 49.1 Å². The van der Waals surface area contributed by atoms with Crippen LogP contribution < -0.4 is 4.90 Å². The fourth-order valence-electron chi connectivity index (χ4n) is 2.95. The summed E-state index contributed by atoms with van der Waals surface area (Å²) in [4.78, 5) is 31.1. The first kappa shape index (κ1) is 15.6. The van der Waals surface area contributed by atoms with Crippen LogP contribution >= 0.6 is 0 Å². The Bertz CT molecular complexity index is 730. The molecule has 0 bridgehead atoms. The van der Waals surface area contributed by atoms with Crippen LogP contribution in [0.5, 0.6) is 0 Å². The molecular formula is C17H21N3O3. The molecule has 1 aliphatic heterocycles. The molecule has 23 heavy (non-hydrogen) atoms. The van der Waals surface area contributed by atoms with Gasteiger partial charge in [0.15, 0.2) is 6.29 Å². The molecule has 1 saturated heterocycles. The number of piperazine rings is 1. The zero-order valence-electron chi connectivity index (χ0n) is 13.5. The molecule has 2 heterocycles. The van der Waals surface area contributed by atoms with Gasteiger partial charge in [0.05, 0.1) is 12.2 Å². The van der Waals surface area contributed by atoms with Crippen molar-refractivity contribution < 1.29 is 14.3 Å². The minimum atomic E-state index is -0.494. The van der Waals surface area contributed by atoms with Crippen molar-refractivity contribution in [2.75, 3.05) is 44.7 Å². The average molecular weight is 315 g/mol. The second-order valence-corrected chi connectivity index (χ2v) is 5.77. The van der Waals surface area contributed by atoms with Crippen molar-refractivity contribution in [2.45, 2.75) is 6.92 Å². The van der Waals surface area contributed by atoms with E-state index >= 15 is 0 Å². The van der Waals surface area contributed by atoms with Gasteiger partial charge in [0.25, 0.3) is 0 Å². The molecule has 0 spiro atoms. The molecule has 122 valence electrons. The van der Waals surface area contributed by atoms with Crippen molar-refractivity contribution in [2.24, 2.45) is 0 Å². The Balaban J connectivity index is 1.98. The van der Waals surface area contributed by atoms with Crippen LogP contribution in [0, 0.1) is 0 Å². The van der Waals surface area contributed by atoms with Gasteiger partial charge in [-0.05, 0) is 32.2 Å². The van der Waals surface area contributed by atoms with E-state index in [1.54, 1.807) is 6.92 Å². The Hall–Kier alpha value is -2.34. The van der Waals surface area contributed by atoms with Gasteiger partial charge in [0.2, 0.25) is 0 Å². The lowest BCUT2D eigenvalue weighted by Crippen LogP contribution is -2.44. The van der Waals surface area contributed by atoms with Crippen molar-refractivity contribution in [3.05, 3.63) is 29.5 Å². The first-order valence-corrected chi connectivity index (χ1v) is 7.85. The van der Waals surface area contributed by atoms with Crippen molar-refractivity contribution >= 4 is 28.8 Å². The van der Waals surface area contributed by atoms with E-state index in [4.69, 9.17) is 4.74 Å². The molecule has 1 aromatic carbocycles. The van der Waals surface area contributed by atoms with Crippen LogP contribution in [-0.4, -0.2) is 62.0 Å². The number of aromatic nitrogens is 1. The number of benzene rings is 1. The van der Waals surface area contributed by atoms with E-state index in [0.29, 0.717) is 5.56 Å². The number of hydrogen-bond acceptors (Lipinski definition) is 5. The Morgan fingerprint density at radius 3 is 2.70 bits per heavy atom. The second kappa shape index (κ2) is 6.42. The number of nitrogens with zero attached hydrogens (tertiary/aromatic N) is 2. The van der Waals surface area contributed by atoms with Crippen molar-refractivity contribution in [1.29, 1.82) is 0 Å². The Morgan fingerprint density at radius 1 is 1.30 bits per heavy atom. The molecule has 3 rings (SSSR count). The highest BCUT2D eigenvalue weighted by molar-refractivity contribution is 6.08. The summed E-state index contributed by atoms with van der Waals surface area (Å²) in [5.41, 5.74) is 2.44. The molecule has 1 aromatic heterocycles. The number of carbonyl (C=O) groups is 2. The number of H-pyrrole nitrogens is 1. The highest BCUT2D eigenvalue weighted by atomic mass is 16.5. The topological polar surface area (TPSA) is 65.6 Å². The van der Waals surface area contributed by atoms with Crippen LogP contribution in [0.15, 0.2) is 18.2 Å². The lowest BCUT2D eigenvalue weighted by molar-refractivity contribution is 0.0518. The van der Waals surface area contributed by atoms with E-state index in [9.17, 15) is 9.59 Å². The maximum atomic E-state index is 12.0. The molecule has 0 radical (unpaired) electrons. The second-order valence-electron chi connectivity index (χ2n) is 5.77. The van der Waals surface area contributed by atoms with Crippen LogP contribution in [-0.2, 0) is 4.74 Å². The molecular weight excluding hydrogens is 294 g/mol. The number of anilines is 1. The fourth-order valence-corrected chi connectivity index (χ4v) is 2.95. The summed E-state index contributed by atoms with van der Waals surface area (Å²) in [6.45, 7) is 5.95. The number of esters is 1. The lowest BCUT2D eigenvalue weighted by atomic mass is 10.1. The van der Waals surface area contributed by atoms with Crippen molar-refractivity contribution in [3.8, 4) is 0 Å². The van der Waals surface area contributed by atoms with Crippen LogP contribution in [0.1, 0.15) is 27.8 Å². The number of aromatic amines is 1. The van der Waals surface area contributed by atoms with Crippen molar-refractivity contribution in [3.63, 3.8) is 0 Å². The maximum Gasteiger partial charge on any atom is 0.355 e. The predicted octanol–water partition coefficient (Wildman–Crippen LogP) is 1.91. The summed E-state index contributed by atoms with van der Waals surface area (Å²) in [5.74, 6) is -0.494. The van der Waals surface area contributed by atoms with E-state index in [2.05, 4.69) is 21.8 Å². The van der Waals surface area contributed by atoms with E-state index < -0.39 is 5.97 Å². The third kappa shape index (κ3) is 2.94. The van der Waals surface area contributed by atoms with Gasteiger partial charge >= 0.3 is 5.97 Å². The van der Waals surface area contributed by atoms with E-state index in [1.165, 1.54) is 0 Å². The summed E-state index contributed by atoms with van der Waals surface area (Å²) >= 11 is 0. The smallest absolute Gasteiger partial charge is 0.355 e. The number of rotatable bonds is 4. The standard InChI is InChI=1S/C17H21N3O3/c1-3-23-17(22)16-14(11-21)13-10-12(4-5-15(13)18-16)20-8-6-19(2)7-9-20/h4-5,10-11,18H,3,6-9H2,1-2H3. The minimum Gasteiger partial charge on any atom is -0.461 e. The molecule has 1 N–H and O–H groups in total. The van der Waals surface area contributed by atoms with Gasteiger partial charge in [-0.25, -0.2) is 4.79 Å². The summed E-state index contributed by atoms with van der Waals surface area (Å²) in [5, 5.41) is 0.763. The van der Waals surface area contributed by atoms with Gasteiger partial charge < -0.3 is 19.5 Å². The number of hydrogen-bond donors (Lipinski definition) is 1. The fraction of sp³-hybridized carbons (Fsp3) is 0.412. The van der Waals surface area contributed by atoms with E-state index in [-0.39, 0.29) is 12.3 Å². The third-order valence-corrected chi connectivity index (χ3v) is 4.29. The van der Waals surface area contributed by atoms with Gasteiger partial charge in [-0.2, -0.15) is 0 Å².